The molecule has 2 aromatic carbocycles. The number of nitrogens with one attached hydrogen (secondary N) is 1. The van der Waals surface area contributed by atoms with Gasteiger partial charge in [-0.1, -0.05) is 36.4 Å². The summed E-state index contributed by atoms with van der Waals surface area (Å²) < 4.78 is 26.7. The lowest BCUT2D eigenvalue weighted by atomic mass is 10.1. The summed E-state index contributed by atoms with van der Waals surface area (Å²) in [5, 5.41) is 0. The fraction of sp³-hybridized carbons (Fsp3) is 0.263. The number of aryl methyl sites for hydroxylation is 1. The maximum atomic E-state index is 12.7. The number of hydrogen-bond donors (Lipinski definition) is 1. The number of carbonyl (C=O) groups excluding carboxylic acids is 1. The van der Waals surface area contributed by atoms with Crippen molar-refractivity contribution < 1.29 is 13.2 Å². The molecule has 1 aliphatic heterocycles. The van der Waals surface area contributed by atoms with Gasteiger partial charge in [0.15, 0.2) is 0 Å². The fourth-order valence-electron chi connectivity index (χ4n) is 2.92. The number of benzene rings is 2. The topological polar surface area (TPSA) is 78.8 Å². The molecule has 26 heavy (non-hydrogen) atoms. The minimum absolute atomic E-state index is 0.177. The first kappa shape index (κ1) is 18.1. The summed E-state index contributed by atoms with van der Waals surface area (Å²) in [5.74, 6) is 0.0371. The molecule has 0 bridgehead atoms. The van der Waals surface area contributed by atoms with Crippen LogP contribution in [0.25, 0.3) is 0 Å². The summed E-state index contributed by atoms with van der Waals surface area (Å²) in [6.07, 6.45) is 0. The Kier molecular flexibility index (Phi) is 4.82. The summed E-state index contributed by atoms with van der Waals surface area (Å²) in [6, 6.07) is 13.8. The van der Waals surface area contributed by atoms with E-state index in [0.29, 0.717) is 12.1 Å². The number of aliphatic imine (C=N–C) groups is 1. The van der Waals surface area contributed by atoms with Crippen LogP contribution in [0.5, 0.6) is 0 Å². The van der Waals surface area contributed by atoms with E-state index < -0.39 is 16.1 Å². The summed E-state index contributed by atoms with van der Waals surface area (Å²) in [7, 11) is -1.89. The SMILES string of the molecule is Cc1ccccc1CN(C)C(=O)C(C)N=C1NS(=O)(=O)c2ccccc21. The van der Waals surface area contributed by atoms with Crippen molar-refractivity contribution in [3.63, 3.8) is 0 Å². The second-order valence-corrected chi connectivity index (χ2v) is 8.03. The van der Waals surface area contributed by atoms with Crippen LogP contribution in [0.4, 0.5) is 0 Å². The maximum absolute atomic E-state index is 12.7. The van der Waals surface area contributed by atoms with Crippen molar-refractivity contribution >= 4 is 21.8 Å². The van der Waals surface area contributed by atoms with Crippen LogP contribution in [-0.4, -0.2) is 38.2 Å². The normalized spacial score (nSPS) is 17.4. The lowest BCUT2D eigenvalue weighted by Gasteiger charge is -2.21. The van der Waals surface area contributed by atoms with Crippen LogP contribution in [-0.2, 0) is 21.4 Å². The van der Waals surface area contributed by atoms with E-state index in [4.69, 9.17) is 0 Å². The van der Waals surface area contributed by atoms with Gasteiger partial charge in [0, 0.05) is 19.2 Å². The summed E-state index contributed by atoms with van der Waals surface area (Å²) in [4.78, 5) is 18.8. The Bertz CT molecular complexity index is 983. The lowest BCUT2D eigenvalue weighted by molar-refractivity contribution is -0.131. The molecule has 1 amide bonds. The smallest absolute Gasteiger partial charge is 0.263 e. The minimum atomic E-state index is -3.61. The molecule has 0 radical (unpaired) electrons. The number of nitrogens with zero attached hydrogens (tertiary/aromatic N) is 2. The molecule has 3 rings (SSSR count). The number of likely N-dealkylation sites (N-methyl/N-ethyl adjacent to an activating group) is 1. The monoisotopic (exact) mass is 371 g/mol. The largest absolute Gasteiger partial charge is 0.340 e. The second kappa shape index (κ2) is 6.92. The zero-order valence-electron chi connectivity index (χ0n) is 14.9. The molecule has 6 nitrogen and oxygen atoms in total. The van der Waals surface area contributed by atoms with Crippen molar-refractivity contribution in [2.75, 3.05) is 7.05 Å². The molecule has 0 spiro atoms. The molecular weight excluding hydrogens is 350 g/mol. The van der Waals surface area contributed by atoms with E-state index in [-0.39, 0.29) is 16.6 Å². The van der Waals surface area contributed by atoms with E-state index in [0.717, 1.165) is 11.1 Å². The van der Waals surface area contributed by atoms with Crippen molar-refractivity contribution in [1.82, 2.24) is 9.62 Å². The quantitative estimate of drug-likeness (QED) is 0.894. The highest BCUT2D eigenvalue weighted by Gasteiger charge is 2.31. The van der Waals surface area contributed by atoms with E-state index in [1.54, 1.807) is 37.1 Å². The summed E-state index contributed by atoms with van der Waals surface area (Å²) >= 11 is 0. The zero-order valence-corrected chi connectivity index (χ0v) is 15.7. The molecule has 0 fully saturated rings. The zero-order chi connectivity index (χ0) is 18.9. The molecule has 1 heterocycles. The number of amides is 1. The van der Waals surface area contributed by atoms with Gasteiger partial charge in [0.05, 0.1) is 4.90 Å². The lowest BCUT2D eigenvalue weighted by Crippen LogP contribution is -2.35. The van der Waals surface area contributed by atoms with E-state index in [2.05, 4.69) is 9.71 Å². The van der Waals surface area contributed by atoms with E-state index in [9.17, 15) is 13.2 Å². The Morgan fingerprint density at radius 2 is 1.81 bits per heavy atom. The predicted molar refractivity (Wildman–Crippen MR) is 100 cm³/mol. The number of amidine groups is 1. The van der Waals surface area contributed by atoms with Gasteiger partial charge in [-0.2, -0.15) is 0 Å². The highest BCUT2D eigenvalue weighted by molar-refractivity contribution is 7.90. The van der Waals surface area contributed by atoms with Gasteiger partial charge in [-0.25, -0.2) is 8.42 Å². The molecule has 0 aromatic heterocycles. The molecule has 2 aromatic rings. The Hall–Kier alpha value is -2.67. The van der Waals surface area contributed by atoms with Gasteiger partial charge >= 0.3 is 0 Å². The molecule has 7 heteroatoms. The number of carbonyl (C=O) groups is 1. The van der Waals surface area contributed by atoms with E-state index in [1.807, 2.05) is 31.2 Å². The number of fused-ring (bicyclic) bond motifs is 1. The van der Waals surface area contributed by atoms with Crippen LogP contribution in [0.1, 0.15) is 23.6 Å². The highest BCUT2D eigenvalue weighted by atomic mass is 32.2. The molecule has 1 unspecified atom stereocenters. The van der Waals surface area contributed by atoms with Gasteiger partial charge in [0.25, 0.3) is 10.0 Å². The molecule has 136 valence electrons. The van der Waals surface area contributed by atoms with Crippen LogP contribution >= 0.6 is 0 Å². The maximum Gasteiger partial charge on any atom is 0.263 e. The van der Waals surface area contributed by atoms with Crippen molar-refractivity contribution in [3.05, 3.63) is 65.2 Å². The second-order valence-electron chi connectivity index (χ2n) is 6.38. The third-order valence-electron chi connectivity index (χ3n) is 4.39. The van der Waals surface area contributed by atoms with E-state index in [1.165, 1.54) is 6.07 Å². The molecular formula is C19H21N3O3S. The first-order chi connectivity index (χ1) is 12.3. The third-order valence-corrected chi connectivity index (χ3v) is 5.78. The minimum Gasteiger partial charge on any atom is -0.340 e. The van der Waals surface area contributed by atoms with Gasteiger partial charge in [0.2, 0.25) is 5.91 Å². The number of hydrogen-bond acceptors (Lipinski definition) is 4. The molecule has 1 atom stereocenters. The third kappa shape index (κ3) is 3.48. The fourth-order valence-corrected chi connectivity index (χ4v) is 4.16. The van der Waals surface area contributed by atoms with Crippen LogP contribution in [0, 0.1) is 6.92 Å². The standard InChI is InChI=1S/C19H21N3O3S/c1-13-8-4-5-9-15(13)12-22(3)19(23)14(2)20-18-16-10-6-7-11-17(16)26(24,25)21-18/h4-11,14H,12H2,1-3H3,(H,20,21). The highest BCUT2D eigenvalue weighted by Crippen LogP contribution is 2.22. The van der Waals surface area contributed by atoms with Crippen LogP contribution in [0.2, 0.25) is 0 Å². The average Bonchev–Trinajstić information content (AvgIpc) is 2.87. The first-order valence-electron chi connectivity index (χ1n) is 8.29. The van der Waals surface area contributed by atoms with Crippen LogP contribution in [0.3, 0.4) is 0 Å². The van der Waals surface area contributed by atoms with Crippen molar-refractivity contribution in [2.45, 2.75) is 31.3 Å². The van der Waals surface area contributed by atoms with Gasteiger partial charge in [-0.3, -0.25) is 14.5 Å². The Balaban J connectivity index is 1.80. The molecule has 0 saturated carbocycles. The number of rotatable bonds is 4. The van der Waals surface area contributed by atoms with Crippen LogP contribution in [0.15, 0.2) is 58.4 Å². The summed E-state index contributed by atoms with van der Waals surface area (Å²) in [6.45, 7) is 4.14. The summed E-state index contributed by atoms with van der Waals surface area (Å²) in [5.41, 5.74) is 2.67. The Morgan fingerprint density at radius 3 is 2.54 bits per heavy atom. The molecule has 1 N–H and O–H groups in total. The van der Waals surface area contributed by atoms with Gasteiger partial charge in [-0.15, -0.1) is 0 Å². The molecule has 0 aliphatic carbocycles. The van der Waals surface area contributed by atoms with Crippen LogP contribution < -0.4 is 4.72 Å². The van der Waals surface area contributed by atoms with Gasteiger partial charge in [0.1, 0.15) is 11.9 Å². The average molecular weight is 371 g/mol. The van der Waals surface area contributed by atoms with Gasteiger partial charge in [-0.05, 0) is 37.1 Å². The van der Waals surface area contributed by atoms with Crippen molar-refractivity contribution in [3.8, 4) is 0 Å². The number of sulfonamides is 1. The molecule has 0 saturated heterocycles. The van der Waals surface area contributed by atoms with Crippen molar-refractivity contribution in [1.29, 1.82) is 0 Å². The van der Waals surface area contributed by atoms with E-state index >= 15 is 0 Å². The Morgan fingerprint density at radius 1 is 1.15 bits per heavy atom. The molecule has 1 aliphatic rings. The first-order valence-corrected chi connectivity index (χ1v) is 9.77. The Labute approximate surface area is 153 Å². The van der Waals surface area contributed by atoms with Crippen molar-refractivity contribution in [2.24, 2.45) is 4.99 Å². The predicted octanol–water partition coefficient (Wildman–Crippen LogP) is 2.08. The van der Waals surface area contributed by atoms with Gasteiger partial charge < -0.3 is 4.90 Å².